The number of alkyl halides is 3. The second kappa shape index (κ2) is 5.17. The van der Waals surface area contributed by atoms with Gasteiger partial charge in [-0.1, -0.05) is 0 Å². The Morgan fingerprint density at radius 1 is 1.65 bits per heavy atom. The van der Waals surface area contributed by atoms with Crippen LogP contribution in [-0.2, 0) is 18.4 Å². The SMILES string of the molecule is Cn1ccc(CNCC(C(=O)O)C(F)(F)F)n1. The summed E-state index contributed by atoms with van der Waals surface area (Å²) in [6.07, 6.45) is -3.10. The van der Waals surface area contributed by atoms with Crippen LogP contribution in [0.4, 0.5) is 13.2 Å². The largest absolute Gasteiger partial charge is 0.481 e. The molecule has 0 aliphatic heterocycles. The molecule has 0 aromatic carbocycles. The molecule has 1 rings (SSSR count). The first-order chi connectivity index (χ1) is 7.80. The first-order valence-corrected chi connectivity index (χ1v) is 4.79. The lowest BCUT2D eigenvalue weighted by Crippen LogP contribution is -2.38. The van der Waals surface area contributed by atoms with Crippen LogP contribution in [0.15, 0.2) is 12.3 Å². The Kier molecular flexibility index (Phi) is 4.11. The summed E-state index contributed by atoms with van der Waals surface area (Å²) >= 11 is 0. The number of carboxylic acids is 1. The fraction of sp³-hybridized carbons (Fsp3) is 0.556. The Morgan fingerprint density at radius 2 is 2.29 bits per heavy atom. The summed E-state index contributed by atoms with van der Waals surface area (Å²) in [7, 11) is 1.68. The molecule has 1 aromatic rings. The van der Waals surface area contributed by atoms with Crippen molar-refractivity contribution < 1.29 is 23.1 Å². The summed E-state index contributed by atoms with van der Waals surface area (Å²) < 4.78 is 38.3. The number of nitrogens with one attached hydrogen (secondary N) is 1. The molecule has 0 saturated carbocycles. The molecule has 17 heavy (non-hydrogen) atoms. The highest BCUT2D eigenvalue weighted by Crippen LogP contribution is 2.25. The van der Waals surface area contributed by atoms with Crippen LogP contribution >= 0.6 is 0 Å². The Balaban J connectivity index is 2.46. The molecular formula is C9H12F3N3O2. The molecule has 0 aliphatic rings. The van der Waals surface area contributed by atoms with Crippen molar-refractivity contribution in [2.24, 2.45) is 13.0 Å². The van der Waals surface area contributed by atoms with E-state index in [4.69, 9.17) is 5.11 Å². The zero-order valence-corrected chi connectivity index (χ0v) is 9.03. The van der Waals surface area contributed by atoms with Crippen LogP contribution < -0.4 is 5.32 Å². The summed E-state index contributed by atoms with van der Waals surface area (Å²) in [5.41, 5.74) is 0.554. The van der Waals surface area contributed by atoms with Gasteiger partial charge in [0.05, 0.1) is 5.69 Å². The fourth-order valence-corrected chi connectivity index (χ4v) is 1.25. The maximum atomic E-state index is 12.3. The quantitative estimate of drug-likeness (QED) is 0.811. The maximum absolute atomic E-state index is 12.3. The fourth-order valence-electron chi connectivity index (χ4n) is 1.25. The van der Waals surface area contributed by atoms with E-state index in [0.717, 1.165) is 0 Å². The zero-order valence-electron chi connectivity index (χ0n) is 9.03. The molecule has 1 atom stereocenters. The first-order valence-electron chi connectivity index (χ1n) is 4.79. The monoisotopic (exact) mass is 251 g/mol. The number of carboxylic acid groups (broad SMARTS) is 1. The Labute approximate surface area is 95.2 Å². The smallest absolute Gasteiger partial charge is 0.403 e. The molecule has 1 heterocycles. The normalized spacial score (nSPS) is 13.6. The summed E-state index contributed by atoms with van der Waals surface area (Å²) in [6.45, 7) is -0.573. The van der Waals surface area contributed by atoms with E-state index in [-0.39, 0.29) is 6.54 Å². The molecule has 1 unspecified atom stereocenters. The van der Waals surface area contributed by atoms with Crippen LogP contribution in [0.25, 0.3) is 0 Å². The van der Waals surface area contributed by atoms with Gasteiger partial charge in [0.15, 0.2) is 5.92 Å². The highest BCUT2D eigenvalue weighted by molar-refractivity contribution is 5.71. The number of carbonyl (C=O) groups is 1. The average molecular weight is 251 g/mol. The van der Waals surface area contributed by atoms with Crippen molar-refractivity contribution in [3.63, 3.8) is 0 Å². The Morgan fingerprint density at radius 3 is 2.71 bits per heavy atom. The van der Waals surface area contributed by atoms with Gasteiger partial charge in [-0.2, -0.15) is 18.3 Å². The van der Waals surface area contributed by atoms with Gasteiger partial charge in [-0.25, -0.2) is 0 Å². The number of rotatable bonds is 5. The van der Waals surface area contributed by atoms with Gasteiger partial charge in [-0.3, -0.25) is 9.48 Å². The lowest BCUT2D eigenvalue weighted by atomic mass is 10.1. The molecule has 0 fully saturated rings. The van der Waals surface area contributed by atoms with Gasteiger partial charge in [0.25, 0.3) is 0 Å². The number of aliphatic carboxylic acids is 1. The minimum absolute atomic E-state index is 0.0979. The third-order valence-corrected chi connectivity index (χ3v) is 2.12. The molecule has 0 spiro atoms. The maximum Gasteiger partial charge on any atom is 0.403 e. The highest BCUT2D eigenvalue weighted by atomic mass is 19.4. The molecule has 1 aromatic heterocycles. The Bertz CT molecular complexity index is 389. The number of aryl methyl sites for hydroxylation is 1. The van der Waals surface area contributed by atoms with Gasteiger partial charge < -0.3 is 10.4 Å². The van der Waals surface area contributed by atoms with Crippen molar-refractivity contribution in [2.45, 2.75) is 12.7 Å². The molecule has 2 N–H and O–H groups in total. The predicted molar refractivity (Wildman–Crippen MR) is 52.1 cm³/mol. The topological polar surface area (TPSA) is 67.2 Å². The molecule has 96 valence electrons. The van der Waals surface area contributed by atoms with Gasteiger partial charge in [-0.15, -0.1) is 0 Å². The second-order valence-corrected chi connectivity index (χ2v) is 3.54. The van der Waals surface area contributed by atoms with Gasteiger partial charge in [0, 0.05) is 26.3 Å². The van der Waals surface area contributed by atoms with Crippen LogP contribution in [0, 0.1) is 5.92 Å². The lowest BCUT2D eigenvalue weighted by Gasteiger charge is -2.16. The summed E-state index contributed by atoms with van der Waals surface area (Å²) in [5.74, 6) is -4.28. The standard InChI is InChI=1S/C9H12F3N3O2/c1-15-3-2-6(14-15)4-13-5-7(8(16)17)9(10,11)12/h2-3,7,13H,4-5H2,1H3,(H,16,17). The van der Waals surface area contributed by atoms with Crippen LogP contribution in [0.3, 0.4) is 0 Å². The number of hydrogen-bond donors (Lipinski definition) is 2. The van der Waals surface area contributed by atoms with E-state index in [0.29, 0.717) is 5.69 Å². The number of aromatic nitrogens is 2. The van der Waals surface area contributed by atoms with Crippen molar-refractivity contribution in [1.29, 1.82) is 0 Å². The van der Waals surface area contributed by atoms with E-state index in [2.05, 4.69) is 10.4 Å². The minimum Gasteiger partial charge on any atom is -0.481 e. The third-order valence-electron chi connectivity index (χ3n) is 2.12. The molecule has 0 amide bonds. The average Bonchev–Trinajstić information content (AvgIpc) is 2.56. The van der Waals surface area contributed by atoms with Crippen molar-refractivity contribution >= 4 is 5.97 Å². The molecule has 8 heteroatoms. The highest BCUT2D eigenvalue weighted by Gasteiger charge is 2.44. The molecule has 0 radical (unpaired) electrons. The lowest BCUT2D eigenvalue weighted by molar-refractivity contribution is -0.192. The van der Waals surface area contributed by atoms with Crippen molar-refractivity contribution in [3.05, 3.63) is 18.0 Å². The minimum atomic E-state index is -4.75. The molecule has 0 saturated heterocycles. The van der Waals surface area contributed by atoms with Crippen molar-refractivity contribution in [1.82, 2.24) is 15.1 Å². The first kappa shape index (κ1) is 13.5. The molecule has 0 aliphatic carbocycles. The van der Waals surface area contributed by atoms with Gasteiger partial charge >= 0.3 is 12.1 Å². The van der Waals surface area contributed by atoms with Crippen LogP contribution in [-0.4, -0.2) is 33.6 Å². The van der Waals surface area contributed by atoms with Gasteiger partial charge in [0.1, 0.15) is 0 Å². The van der Waals surface area contributed by atoms with Crippen molar-refractivity contribution in [2.75, 3.05) is 6.54 Å². The van der Waals surface area contributed by atoms with E-state index >= 15 is 0 Å². The summed E-state index contributed by atoms with van der Waals surface area (Å²) in [6, 6.07) is 1.64. The van der Waals surface area contributed by atoms with E-state index in [9.17, 15) is 18.0 Å². The zero-order chi connectivity index (χ0) is 13.1. The molecule has 5 nitrogen and oxygen atoms in total. The summed E-state index contributed by atoms with van der Waals surface area (Å²) in [5, 5.41) is 14.8. The van der Waals surface area contributed by atoms with E-state index in [1.54, 1.807) is 19.3 Å². The Hall–Kier alpha value is -1.57. The van der Waals surface area contributed by atoms with E-state index < -0.39 is 24.6 Å². The number of halogens is 3. The molecule has 0 bridgehead atoms. The van der Waals surface area contributed by atoms with Crippen LogP contribution in [0.1, 0.15) is 5.69 Å². The second-order valence-electron chi connectivity index (χ2n) is 3.54. The van der Waals surface area contributed by atoms with E-state index in [1.807, 2.05) is 0 Å². The van der Waals surface area contributed by atoms with Gasteiger partial charge in [-0.05, 0) is 6.07 Å². The number of hydrogen-bond acceptors (Lipinski definition) is 3. The predicted octanol–water partition coefficient (Wildman–Crippen LogP) is 0.773. The van der Waals surface area contributed by atoms with Crippen molar-refractivity contribution in [3.8, 4) is 0 Å². The van der Waals surface area contributed by atoms with Gasteiger partial charge in [0.2, 0.25) is 0 Å². The third kappa shape index (κ3) is 4.06. The van der Waals surface area contributed by atoms with Crippen LogP contribution in [0.5, 0.6) is 0 Å². The number of nitrogens with zero attached hydrogens (tertiary/aromatic N) is 2. The molecular weight excluding hydrogens is 239 g/mol. The van der Waals surface area contributed by atoms with Crippen LogP contribution in [0.2, 0.25) is 0 Å². The van der Waals surface area contributed by atoms with E-state index in [1.165, 1.54) is 4.68 Å². The summed E-state index contributed by atoms with van der Waals surface area (Å²) in [4.78, 5) is 10.4.